The van der Waals surface area contributed by atoms with Crippen molar-refractivity contribution in [2.45, 2.75) is 24.8 Å². The molecular formula is C12H20N2O3S. The van der Waals surface area contributed by atoms with E-state index < -0.39 is 10.0 Å². The van der Waals surface area contributed by atoms with Gasteiger partial charge in [0.15, 0.2) is 0 Å². The van der Waals surface area contributed by atoms with Crippen LogP contribution in [0.3, 0.4) is 0 Å². The van der Waals surface area contributed by atoms with Crippen LogP contribution < -0.4 is 14.8 Å². The molecule has 1 atom stereocenters. The summed E-state index contributed by atoms with van der Waals surface area (Å²) in [5, 5.41) is 2.97. The molecule has 0 amide bonds. The lowest BCUT2D eigenvalue weighted by atomic mass is 10.2. The van der Waals surface area contributed by atoms with Crippen LogP contribution in [0.2, 0.25) is 0 Å². The van der Waals surface area contributed by atoms with Crippen LogP contribution in [0.25, 0.3) is 0 Å². The summed E-state index contributed by atoms with van der Waals surface area (Å²) in [6.45, 7) is 4.01. The second kappa shape index (κ2) is 6.17. The van der Waals surface area contributed by atoms with Crippen molar-refractivity contribution in [1.29, 1.82) is 0 Å². The van der Waals surface area contributed by atoms with Crippen LogP contribution in [0.5, 0.6) is 5.75 Å². The Morgan fingerprint density at radius 3 is 2.56 bits per heavy atom. The first-order valence-corrected chi connectivity index (χ1v) is 7.20. The van der Waals surface area contributed by atoms with Gasteiger partial charge in [-0.05, 0) is 44.7 Å². The molecule has 5 nitrogen and oxygen atoms in total. The molecule has 0 saturated carbocycles. The smallest absolute Gasteiger partial charge is 0.240 e. The number of nitrogens with one attached hydrogen (secondary N) is 2. The SMILES string of the molecule is CNC(C)CNS(=O)(=O)c1ccc(OC)cc1C. The summed E-state index contributed by atoms with van der Waals surface area (Å²) in [6.07, 6.45) is 0. The summed E-state index contributed by atoms with van der Waals surface area (Å²) in [7, 11) is -0.126. The topological polar surface area (TPSA) is 67.4 Å². The van der Waals surface area contributed by atoms with Gasteiger partial charge in [0.25, 0.3) is 0 Å². The molecule has 2 N–H and O–H groups in total. The standard InChI is InChI=1S/C12H20N2O3S/c1-9-7-11(17-4)5-6-12(9)18(15,16)14-8-10(2)13-3/h5-7,10,13-14H,8H2,1-4H3. The summed E-state index contributed by atoms with van der Waals surface area (Å²) >= 11 is 0. The van der Waals surface area contributed by atoms with E-state index in [0.717, 1.165) is 0 Å². The number of aryl methyl sites for hydroxylation is 1. The highest BCUT2D eigenvalue weighted by atomic mass is 32.2. The fraction of sp³-hybridized carbons (Fsp3) is 0.500. The summed E-state index contributed by atoms with van der Waals surface area (Å²) in [5.41, 5.74) is 0.666. The predicted octanol–water partition coefficient (Wildman–Crippen LogP) is 0.890. The lowest BCUT2D eigenvalue weighted by Gasteiger charge is -2.13. The van der Waals surface area contributed by atoms with Gasteiger partial charge in [-0.1, -0.05) is 0 Å². The first-order valence-electron chi connectivity index (χ1n) is 5.72. The fourth-order valence-corrected chi connectivity index (χ4v) is 2.82. The summed E-state index contributed by atoms with van der Waals surface area (Å²) in [4.78, 5) is 0.284. The summed E-state index contributed by atoms with van der Waals surface area (Å²) < 4.78 is 31.8. The molecule has 6 heteroatoms. The van der Waals surface area contributed by atoms with E-state index in [9.17, 15) is 8.42 Å². The van der Waals surface area contributed by atoms with Crippen molar-refractivity contribution in [2.24, 2.45) is 0 Å². The molecule has 1 aromatic carbocycles. The highest BCUT2D eigenvalue weighted by molar-refractivity contribution is 7.89. The lowest BCUT2D eigenvalue weighted by Crippen LogP contribution is -2.37. The van der Waals surface area contributed by atoms with E-state index >= 15 is 0 Å². The highest BCUT2D eigenvalue weighted by Crippen LogP contribution is 2.20. The van der Waals surface area contributed by atoms with Gasteiger partial charge >= 0.3 is 0 Å². The van der Waals surface area contributed by atoms with Gasteiger partial charge in [0.2, 0.25) is 10.0 Å². The molecule has 0 saturated heterocycles. The van der Waals surface area contributed by atoms with Gasteiger partial charge < -0.3 is 10.1 Å². The number of methoxy groups -OCH3 is 1. The first kappa shape index (κ1) is 14.9. The Hall–Kier alpha value is -1.11. The maximum Gasteiger partial charge on any atom is 0.240 e. The Kier molecular flexibility index (Phi) is 5.13. The number of ether oxygens (including phenoxy) is 1. The Labute approximate surface area is 109 Å². The minimum absolute atomic E-state index is 0.0818. The van der Waals surface area contributed by atoms with E-state index in [2.05, 4.69) is 10.0 Å². The number of sulfonamides is 1. The Balaban J connectivity index is 2.91. The van der Waals surface area contributed by atoms with Crippen LogP contribution in [0.1, 0.15) is 12.5 Å². The van der Waals surface area contributed by atoms with Gasteiger partial charge in [-0.25, -0.2) is 13.1 Å². The normalized spacial score (nSPS) is 13.3. The van der Waals surface area contributed by atoms with Crippen molar-refractivity contribution in [1.82, 2.24) is 10.0 Å². The molecule has 0 radical (unpaired) electrons. The second-order valence-corrected chi connectivity index (χ2v) is 5.91. The van der Waals surface area contributed by atoms with Gasteiger partial charge in [-0.15, -0.1) is 0 Å². The fourth-order valence-electron chi connectivity index (χ4n) is 1.46. The minimum Gasteiger partial charge on any atom is -0.497 e. The molecule has 1 rings (SSSR count). The van der Waals surface area contributed by atoms with Crippen LogP contribution >= 0.6 is 0 Å². The molecule has 1 unspecified atom stereocenters. The van der Waals surface area contributed by atoms with E-state index in [1.807, 2.05) is 6.92 Å². The summed E-state index contributed by atoms with van der Waals surface area (Å²) in [6, 6.07) is 4.98. The zero-order valence-corrected chi connectivity index (χ0v) is 12.0. The minimum atomic E-state index is -3.47. The van der Waals surface area contributed by atoms with Crippen molar-refractivity contribution in [3.05, 3.63) is 23.8 Å². The van der Waals surface area contributed by atoms with E-state index in [0.29, 0.717) is 17.9 Å². The van der Waals surface area contributed by atoms with Crippen molar-refractivity contribution in [2.75, 3.05) is 20.7 Å². The van der Waals surface area contributed by atoms with Gasteiger partial charge in [0.05, 0.1) is 12.0 Å². The van der Waals surface area contributed by atoms with Crippen LogP contribution in [0.15, 0.2) is 23.1 Å². The van der Waals surface area contributed by atoms with Crippen molar-refractivity contribution in [3.63, 3.8) is 0 Å². The van der Waals surface area contributed by atoms with Crippen LogP contribution in [0, 0.1) is 6.92 Å². The lowest BCUT2D eigenvalue weighted by molar-refractivity contribution is 0.414. The van der Waals surface area contributed by atoms with Gasteiger partial charge in [0.1, 0.15) is 5.75 Å². The molecule has 0 heterocycles. The monoisotopic (exact) mass is 272 g/mol. The first-order chi connectivity index (χ1) is 8.40. The molecule has 0 fully saturated rings. The maximum atomic E-state index is 12.1. The predicted molar refractivity (Wildman–Crippen MR) is 71.4 cm³/mol. The van der Waals surface area contributed by atoms with Crippen molar-refractivity contribution < 1.29 is 13.2 Å². The van der Waals surface area contributed by atoms with Gasteiger partial charge in [-0.2, -0.15) is 0 Å². The molecule has 0 spiro atoms. The molecule has 0 bridgehead atoms. The Bertz CT molecular complexity index is 500. The molecular weight excluding hydrogens is 252 g/mol. The Morgan fingerprint density at radius 1 is 1.39 bits per heavy atom. The zero-order chi connectivity index (χ0) is 13.8. The second-order valence-electron chi connectivity index (χ2n) is 4.17. The third-order valence-electron chi connectivity index (χ3n) is 2.74. The number of benzene rings is 1. The molecule has 0 aromatic heterocycles. The van der Waals surface area contributed by atoms with Crippen LogP contribution in [-0.4, -0.2) is 35.2 Å². The van der Waals surface area contributed by atoms with Crippen LogP contribution in [0.4, 0.5) is 0 Å². The third kappa shape index (κ3) is 3.69. The average molecular weight is 272 g/mol. The Morgan fingerprint density at radius 2 is 2.06 bits per heavy atom. The quantitative estimate of drug-likeness (QED) is 0.807. The molecule has 0 aliphatic heterocycles. The average Bonchev–Trinajstić information content (AvgIpc) is 2.35. The molecule has 102 valence electrons. The molecule has 1 aromatic rings. The van der Waals surface area contributed by atoms with E-state index in [-0.39, 0.29) is 10.9 Å². The number of hydrogen-bond donors (Lipinski definition) is 2. The zero-order valence-electron chi connectivity index (χ0n) is 11.1. The van der Waals surface area contributed by atoms with Gasteiger partial charge in [0, 0.05) is 12.6 Å². The van der Waals surface area contributed by atoms with Crippen LogP contribution in [-0.2, 0) is 10.0 Å². The van der Waals surface area contributed by atoms with Crippen molar-refractivity contribution in [3.8, 4) is 5.75 Å². The largest absolute Gasteiger partial charge is 0.497 e. The molecule has 0 aliphatic rings. The van der Waals surface area contributed by atoms with Crippen molar-refractivity contribution >= 4 is 10.0 Å². The number of likely N-dealkylation sites (N-methyl/N-ethyl adjacent to an activating group) is 1. The third-order valence-corrected chi connectivity index (χ3v) is 4.33. The maximum absolute atomic E-state index is 12.1. The van der Waals surface area contributed by atoms with E-state index in [4.69, 9.17) is 4.74 Å². The molecule has 0 aliphatic carbocycles. The van der Waals surface area contributed by atoms with E-state index in [1.54, 1.807) is 39.3 Å². The molecule has 18 heavy (non-hydrogen) atoms. The highest BCUT2D eigenvalue weighted by Gasteiger charge is 2.17. The van der Waals surface area contributed by atoms with Gasteiger partial charge in [-0.3, -0.25) is 0 Å². The number of rotatable bonds is 6. The van der Waals surface area contributed by atoms with E-state index in [1.165, 1.54) is 0 Å². The number of hydrogen-bond acceptors (Lipinski definition) is 4. The summed E-state index contributed by atoms with van der Waals surface area (Å²) in [5.74, 6) is 0.648.